The van der Waals surface area contributed by atoms with Gasteiger partial charge in [0.25, 0.3) is 0 Å². The Labute approximate surface area is 183 Å². The van der Waals surface area contributed by atoms with Crippen molar-refractivity contribution in [2.45, 2.75) is 25.6 Å². The van der Waals surface area contributed by atoms with Crippen LogP contribution in [-0.4, -0.2) is 32.7 Å². The number of hydrogen-bond donors (Lipinski definition) is 3. The number of benzene rings is 1. The van der Waals surface area contributed by atoms with Crippen LogP contribution in [0.15, 0.2) is 48.0 Å². The van der Waals surface area contributed by atoms with Crippen LogP contribution < -0.4 is 10.6 Å². The van der Waals surface area contributed by atoms with E-state index >= 15 is 0 Å². The molecule has 8 nitrogen and oxygen atoms in total. The molecule has 0 spiro atoms. The summed E-state index contributed by atoms with van der Waals surface area (Å²) in [4.78, 5) is 35.9. The van der Waals surface area contributed by atoms with Crippen LogP contribution in [0.4, 0.5) is 18.9 Å². The predicted molar refractivity (Wildman–Crippen MR) is 110 cm³/mol. The largest absolute Gasteiger partial charge is 0.478 e. The van der Waals surface area contributed by atoms with Gasteiger partial charge in [0.05, 0.1) is 24.3 Å². The number of aromatic nitrogens is 2. The molecule has 1 unspecified atom stereocenters. The zero-order valence-electron chi connectivity index (χ0n) is 16.5. The van der Waals surface area contributed by atoms with Crippen molar-refractivity contribution >= 4 is 34.8 Å². The molecule has 0 aliphatic rings. The number of nitrogens with zero attached hydrogens (tertiary/aromatic N) is 2. The molecule has 168 valence electrons. The second-order valence-corrected chi connectivity index (χ2v) is 7.67. The second kappa shape index (κ2) is 9.22. The number of carbonyl (C=O) groups excluding carboxylic acids is 2. The van der Waals surface area contributed by atoms with E-state index in [2.05, 4.69) is 15.7 Å². The number of carboxylic acid groups (broad SMARTS) is 1. The molecule has 0 aliphatic heterocycles. The number of aromatic carboxylic acids is 1. The van der Waals surface area contributed by atoms with Gasteiger partial charge in [-0.2, -0.15) is 18.3 Å². The minimum atomic E-state index is -4.96. The lowest BCUT2D eigenvalue weighted by Crippen LogP contribution is -2.29. The Morgan fingerprint density at radius 1 is 1.22 bits per heavy atom. The summed E-state index contributed by atoms with van der Waals surface area (Å²) in [6.45, 7) is 1.33. The second-order valence-electron chi connectivity index (χ2n) is 6.69. The van der Waals surface area contributed by atoms with E-state index in [0.29, 0.717) is 10.9 Å². The maximum atomic E-state index is 13.5. The predicted octanol–water partition coefficient (Wildman–Crippen LogP) is 3.86. The van der Waals surface area contributed by atoms with Gasteiger partial charge in [0.2, 0.25) is 11.8 Å². The van der Waals surface area contributed by atoms with Crippen LogP contribution in [0.1, 0.15) is 40.3 Å². The summed E-state index contributed by atoms with van der Waals surface area (Å²) in [5.74, 6) is -2.55. The average molecular weight is 466 g/mol. The maximum absolute atomic E-state index is 13.5. The molecule has 2 heterocycles. The van der Waals surface area contributed by atoms with Gasteiger partial charge in [-0.05, 0) is 29.6 Å². The number of halogens is 3. The first kappa shape index (κ1) is 23.0. The third-order valence-electron chi connectivity index (χ3n) is 4.30. The number of alkyl halides is 3. The minimum absolute atomic E-state index is 0.0840. The first-order chi connectivity index (χ1) is 15.1. The number of carboxylic acids is 1. The van der Waals surface area contributed by atoms with Gasteiger partial charge in [-0.25, -0.2) is 9.48 Å². The molecule has 0 aliphatic carbocycles. The summed E-state index contributed by atoms with van der Waals surface area (Å²) >= 11 is 1.37. The van der Waals surface area contributed by atoms with Crippen molar-refractivity contribution in [2.24, 2.45) is 0 Å². The monoisotopic (exact) mass is 466 g/mol. The zero-order chi connectivity index (χ0) is 23.5. The summed E-state index contributed by atoms with van der Waals surface area (Å²) < 4.78 is 40.8. The third kappa shape index (κ3) is 5.32. The van der Waals surface area contributed by atoms with Crippen LogP contribution in [-0.2, 0) is 15.8 Å². The summed E-state index contributed by atoms with van der Waals surface area (Å²) in [5, 5.41) is 19.7. The smallest absolute Gasteiger partial charge is 0.434 e. The van der Waals surface area contributed by atoms with E-state index in [1.54, 1.807) is 17.5 Å². The summed E-state index contributed by atoms with van der Waals surface area (Å²) in [6, 6.07) is 8.41. The number of anilines is 1. The van der Waals surface area contributed by atoms with Crippen molar-refractivity contribution in [3.8, 4) is 5.69 Å². The van der Waals surface area contributed by atoms with Crippen LogP contribution in [0.25, 0.3) is 5.69 Å². The normalized spacial score (nSPS) is 12.2. The molecule has 1 atom stereocenters. The molecule has 1 aromatic carbocycles. The van der Waals surface area contributed by atoms with E-state index in [-0.39, 0.29) is 23.7 Å². The highest BCUT2D eigenvalue weighted by atomic mass is 32.1. The van der Waals surface area contributed by atoms with Gasteiger partial charge in [0.1, 0.15) is 5.56 Å². The van der Waals surface area contributed by atoms with E-state index in [0.717, 1.165) is 4.88 Å². The third-order valence-corrected chi connectivity index (χ3v) is 5.28. The highest BCUT2D eigenvalue weighted by molar-refractivity contribution is 7.10. The lowest BCUT2D eigenvalue weighted by atomic mass is 10.1. The van der Waals surface area contributed by atoms with Crippen molar-refractivity contribution in [3.63, 3.8) is 0 Å². The van der Waals surface area contributed by atoms with E-state index in [1.807, 2.05) is 0 Å². The fraction of sp³-hybridized carbons (Fsp3) is 0.200. The van der Waals surface area contributed by atoms with Gasteiger partial charge in [-0.3, -0.25) is 9.59 Å². The topological polar surface area (TPSA) is 113 Å². The van der Waals surface area contributed by atoms with Crippen LogP contribution in [0.3, 0.4) is 0 Å². The molecule has 32 heavy (non-hydrogen) atoms. The molecule has 3 N–H and O–H groups in total. The Morgan fingerprint density at radius 3 is 2.56 bits per heavy atom. The Morgan fingerprint density at radius 2 is 1.97 bits per heavy atom. The molecule has 0 saturated heterocycles. The van der Waals surface area contributed by atoms with E-state index < -0.39 is 35.4 Å². The molecule has 3 aromatic rings. The van der Waals surface area contributed by atoms with E-state index in [4.69, 9.17) is 5.11 Å². The number of thiophene rings is 1. The Bertz CT molecular complexity index is 1140. The Hall–Kier alpha value is -3.67. The fourth-order valence-corrected chi connectivity index (χ4v) is 3.82. The van der Waals surface area contributed by atoms with Crippen molar-refractivity contribution < 1.29 is 32.7 Å². The fourth-order valence-electron chi connectivity index (χ4n) is 3.04. The molecule has 0 bridgehead atoms. The Kier molecular flexibility index (Phi) is 6.63. The molecule has 0 fully saturated rings. The summed E-state index contributed by atoms with van der Waals surface area (Å²) in [7, 11) is 0. The molecule has 12 heteroatoms. The maximum Gasteiger partial charge on any atom is 0.434 e. The summed E-state index contributed by atoms with van der Waals surface area (Å²) in [5.41, 5.74) is -2.32. The number of nitrogens with one attached hydrogen (secondary N) is 2. The molecular formula is C20H17F3N4O4S. The van der Waals surface area contributed by atoms with Crippen LogP contribution in [0.2, 0.25) is 0 Å². The van der Waals surface area contributed by atoms with Crippen LogP contribution >= 0.6 is 11.3 Å². The lowest BCUT2D eigenvalue weighted by molar-refractivity contribution is -0.143. The van der Waals surface area contributed by atoms with E-state index in [9.17, 15) is 27.6 Å². The van der Waals surface area contributed by atoms with Crippen molar-refractivity contribution in [2.75, 3.05) is 5.32 Å². The van der Waals surface area contributed by atoms with Crippen LogP contribution in [0, 0.1) is 0 Å². The zero-order valence-corrected chi connectivity index (χ0v) is 17.3. The highest BCUT2D eigenvalue weighted by Crippen LogP contribution is 2.34. The Balaban J connectivity index is 1.84. The lowest BCUT2D eigenvalue weighted by Gasteiger charge is -2.17. The van der Waals surface area contributed by atoms with Gasteiger partial charge >= 0.3 is 12.1 Å². The SMILES string of the molecule is CC(=O)NC(CC(=O)Nc1cccc(-n2ncc(C(=O)O)c2C(F)(F)F)c1)c1cccs1. The first-order valence-corrected chi connectivity index (χ1v) is 10.0. The van der Waals surface area contributed by atoms with E-state index in [1.165, 1.54) is 42.5 Å². The average Bonchev–Trinajstić information content (AvgIpc) is 3.37. The van der Waals surface area contributed by atoms with Gasteiger partial charge in [0.15, 0.2) is 5.69 Å². The molecule has 0 radical (unpaired) electrons. The van der Waals surface area contributed by atoms with Crippen molar-refractivity contribution in [3.05, 3.63) is 64.1 Å². The van der Waals surface area contributed by atoms with Gasteiger partial charge < -0.3 is 15.7 Å². The van der Waals surface area contributed by atoms with Crippen LogP contribution in [0.5, 0.6) is 0 Å². The molecular weight excluding hydrogens is 449 g/mol. The molecule has 3 rings (SSSR count). The highest BCUT2D eigenvalue weighted by Gasteiger charge is 2.40. The molecule has 2 aromatic heterocycles. The first-order valence-electron chi connectivity index (χ1n) is 9.15. The molecule has 2 amide bonds. The quantitative estimate of drug-likeness (QED) is 0.490. The summed E-state index contributed by atoms with van der Waals surface area (Å²) in [6.07, 6.45) is -4.44. The molecule has 0 saturated carbocycles. The number of amides is 2. The van der Waals surface area contributed by atoms with Gasteiger partial charge in [-0.1, -0.05) is 12.1 Å². The number of hydrogen-bond acceptors (Lipinski definition) is 5. The number of rotatable bonds is 7. The van der Waals surface area contributed by atoms with Crippen molar-refractivity contribution in [1.82, 2.24) is 15.1 Å². The van der Waals surface area contributed by atoms with Crippen molar-refractivity contribution in [1.29, 1.82) is 0 Å². The van der Waals surface area contributed by atoms with Gasteiger partial charge in [-0.15, -0.1) is 11.3 Å². The minimum Gasteiger partial charge on any atom is -0.478 e. The van der Waals surface area contributed by atoms with Gasteiger partial charge in [0, 0.05) is 17.5 Å². The number of carbonyl (C=O) groups is 3. The standard InChI is InChI=1S/C20H17F3N4O4S/c1-11(28)25-15(16-6-3-7-32-16)9-17(29)26-12-4-2-5-13(8-12)27-18(20(21,22)23)14(10-24-27)19(30)31/h2-8,10,15H,9H2,1H3,(H,25,28)(H,26,29)(H,30,31).